The Morgan fingerprint density at radius 2 is 1.94 bits per heavy atom. The van der Waals surface area contributed by atoms with Crippen molar-refractivity contribution in [3.63, 3.8) is 0 Å². The molecule has 0 unspecified atom stereocenters. The minimum atomic E-state index is 0.0648. The van der Waals surface area contributed by atoms with Gasteiger partial charge in [-0.15, -0.1) is 0 Å². The Hall–Kier alpha value is -1.02. The SMILES string of the molecule is CC.CCOc1cc(C)c(C2CC2)cc1CO. The maximum Gasteiger partial charge on any atom is 0.125 e. The molecule has 1 saturated carbocycles. The molecular weight excluding hydrogens is 212 g/mol. The second kappa shape index (κ2) is 6.65. The standard InChI is InChI=1S/C13H18O2.C2H6/c1-3-15-13-6-9(2)12(10-4-5-10)7-11(13)8-14;1-2/h6-7,10,14H,3-5,8H2,1-2H3;1-2H3. The van der Waals surface area contributed by atoms with Gasteiger partial charge in [0.1, 0.15) is 5.75 Å². The van der Waals surface area contributed by atoms with E-state index >= 15 is 0 Å². The second-order valence-electron chi connectivity index (χ2n) is 4.18. The number of ether oxygens (including phenoxy) is 1. The lowest BCUT2D eigenvalue weighted by Gasteiger charge is -2.13. The lowest BCUT2D eigenvalue weighted by molar-refractivity contribution is 0.267. The molecule has 2 heteroatoms. The molecule has 0 aromatic heterocycles. The third kappa shape index (κ3) is 3.47. The third-order valence-corrected chi connectivity index (χ3v) is 2.94. The van der Waals surface area contributed by atoms with E-state index in [0.29, 0.717) is 6.61 Å². The fraction of sp³-hybridized carbons (Fsp3) is 0.600. The number of aliphatic hydroxyl groups is 1. The highest BCUT2D eigenvalue weighted by Gasteiger charge is 2.26. The quantitative estimate of drug-likeness (QED) is 0.862. The molecule has 0 aliphatic heterocycles. The van der Waals surface area contributed by atoms with Crippen molar-refractivity contribution in [2.45, 2.75) is 53.1 Å². The van der Waals surface area contributed by atoms with Crippen LogP contribution in [-0.2, 0) is 6.61 Å². The van der Waals surface area contributed by atoms with Crippen molar-refractivity contribution in [2.24, 2.45) is 0 Å². The van der Waals surface area contributed by atoms with Gasteiger partial charge in [0, 0.05) is 5.56 Å². The largest absolute Gasteiger partial charge is 0.493 e. The second-order valence-corrected chi connectivity index (χ2v) is 4.18. The van der Waals surface area contributed by atoms with Crippen LogP contribution in [0.1, 0.15) is 56.2 Å². The van der Waals surface area contributed by atoms with Gasteiger partial charge in [-0.25, -0.2) is 0 Å². The van der Waals surface area contributed by atoms with E-state index < -0.39 is 0 Å². The van der Waals surface area contributed by atoms with Gasteiger partial charge in [-0.3, -0.25) is 0 Å². The summed E-state index contributed by atoms with van der Waals surface area (Å²) >= 11 is 0. The molecule has 1 aliphatic carbocycles. The zero-order valence-electron chi connectivity index (χ0n) is 11.4. The Morgan fingerprint density at radius 1 is 1.29 bits per heavy atom. The van der Waals surface area contributed by atoms with E-state index in [4.69, 9.17) is 4.74 Å². The van der Waals surface area contributed by atoms with Crippen LogP contribution in [0.5, 0.6) is 5.75 Å². The fourth-order valence-corrected chi connectivity index (χ4v) is 1.99. The van der Waals surface area contributed by atoms with Crippen molar-refractivity contribution in [1.82, 2.24) is 0 Å². The van der Waals surface area contributed by atoms with Gasteiger partial charge in [-0.2, -0.15) is 0 Å². The summed E-state index contributed by atoms with van der Waals surface area (Å²) in [6, 6.07) is 4.17. The molecule has 2 nitrogen and oxygen atoms in total. The van der Waals surface area contributed by atoms with Crippen molar-refractivity contribution in [2.75, 3.05) is 6.61 Å². The Balaban J connectivity index is 0.000000686. The Kier molecular flexibility index (Phi) is 5.49. The smallest absolute Gasteiger partial charge is 0.125 e. The fourth-order valence-electron chi connectivity index (χ4n) is 1.99. The minimum absolute atomic E-state index is 0.0648. The number of aryl methyl sites for hydroxylation is 1. The van der Waals surface area contributed by atoms with E-state index in [1.54, 1.807) is 0 Å². The first-order valence-corrected chi connectivity index (χ1v) is 6.63. The van der Waals surface area contributed by atoms with Crippen LogP contribution in [0, 0.1) is 6.92 Å². The van der Waals surface area contributed by atoms with E-state index in [0.717, 1.165) is 17.2 Å². The molecule has 0 amide bonds. The normalized spacial score (nSPS) is 13.9. The van der Waals surface area contributed by atoms with Crippen LogP contribution < -0.4 is 4.74 Å². The van der Waals surface area contributed by atoms with Crippen LogP contribution in [0.3, 0.4) is 0 Å². The van der Waals surface area contributed by atoms with E-state index in [1.807, 2.05) is 20.8 Å². The van der Waals surface area contributed by atoms with Gasteiger partial charge in [0.2, 0.25) is 0 Å². The predicted molar refractivity (Wildman–Crippen MR) is 71.6 cm³/mol. The lowest BCUT2D eigenvalue weighted by Crippen LogP contribution is -1.99. The first kappa shape index (κ1) is 14.0. The Bertz CT molecular complexity index is 354. The van der Waals surface area contributed by atoms with Gasteiger partial charge in [0.05, 0.1) is 13.2 Å². The lowest BCUT2D eigenvalue weighted by atomic mass is 10.0. The number of aliphatic hydroxyl groups excluding tert-OH is 1. The highest BCUT2D eigenvalue weighted by molar-refractivity contribution is 5.44. The molecule has 1 N–H and O–H groups in total. The molecule has 2 rings (SSSR count). The molecule has 17 heavy (non-hydrogen) atoms. The summed E-state index contributed by atoms with van der Waals surface area (Å²) in [5.41, 5.74) is 3.60. The predicted octanol–water partition coefficient (Wildman–Crippen LogP) is 3.79. The summed E-state index contributed by atoms with van der Waals surface area (Å²) in [5, 5.41) is 9.28. The van der Waals surface area contributed by atoms with Gasteiger partial charge >= 0.3 is 0 Å². The molecular formula is C15H24O2. The number of hydrogen-bond acceptors (Lipinski definition) is 2. The summed E-state index contributed by atoms with van der Waals surface area (Å²) in [5.74, 6) is 1.56. The maximum atomic E-state index is 9.28. The summed E-state index contributed by atoms with van der Waals surface area (Å²) < 4.78 is 5.50. The minimum Gasteiger partial charge on any atom is -0.493 e. The molecule has 1 aromatic rings. The van der Waals surface area contributed by atoms with E-state index in [2.05, 4.69) is 19.1 Å². The Morgan fingerprint density at radius 3 is 2.41 bits per heavy atom. The van der Waals surface area contributed by atoms with E-state index in [9.17, 15) is 5.11 Å². The Labute approximate surface area is 105 Å². The van der Waals surface area contributed by atoms with Crippen LogP contribution in [0.15, 0.2) is 12.1 Å². The molecule has 0 bridgehead atoms. The zero-order chi connectivity index (χ0) is 12.8. The average molecular weight is 236 g/mol. The number of benzene rings is 1. The maximum absolute atomic E-state index is 9.28. The topological polar surface area (TPSA) is 29.5 Å². The molecule has 0 saturated heterocycles. The summed E-state index contributed by atoms with van der Waals surface area (Å²) in [6.45, 7) is 8.80. The summed E-state index contributed by atoms with van der Waals surface area (Å²) in [4.78, 5) is 0. The van der Waals surface area contributed by atoms with E-state index in [1.165, 1.54) is 24.0 Å². The van der Waals surface area contributed by atoms with Crippen molar-refractivity contribution >= 4 is 0 Å². The van der Waals surface area contributed by atoms with Crippen LogP contribution in [0.25, 0.3) is 0 Å². The number of rotatable bonds is 4. The van der Waals surface area contributed by atoms with Crippen LogP contribution in [0.4, 0.5) is 0 Å². The molecule has 0 atom stereocenters. The molecule has 1 fully saturated rings. The number of hydrogen-bond donors (Lipinski definition) is 1. The van der Waals surface area contributed by atoms with Crippen molar-refractivity contribution in [1.29, 1.82) is 0 Å². The van der Waals surface area contributed by atoms with Crippen molar-refractivity contribution in [3.8, 4) is 5.75 Å². The molecule has 0 spiro atoms. The third-order valence-electron chi connectivity index (χ3n) is 2.94. The monoisotopic (exact) mass is 236 g/mol. The first-order chi connectivity index (χ1) is 8.26. The molecule has 0 heterocycles. The van der Waals surface area contributed by atoms with Crippen molar-refractivity contribution < 1.29 is 9.84 Å². The van der Waals surface area contributed by atoms with Gasteiger partial charge in [-0.1, -0.05) is 13.8 Å². The highest BCUT2D eigenvalue weighted by Crippen LogP contribution is 2.43. The molecule has 96 valence electrons. The van der Waals surface area contributed by atoms with Gasteiger partial charge in [0.25, 0.3) is 0 Å². The molecule has 1 aromatic carbocycles. The van der Waals surface area contributed by atoms with Gasteiger partial charge in [-0.05, 0) is 55.9 Å². The molecule has 0 radical (unpaired) electrons. The summed E-state index contributed by atoms with van der Waals surface area (Å²) in [6.07, 6.45) is 2.58. The van der Waals surface area contributed by atoms with E-state index in [-0.39, 0.29) is 6.61 Å². The van der Waals surface area contributed by atoms with Gasteiger partial charge < -0.3 is 9.84 Å². The zero-order valence-corrected chi connectivity index (χ0v) is 11.4. The van der Waals surface area contributed by atoms with Crippen LogP contribution in [-0.4, -0.2) is 11.7 Å². The van der Waals surface area contributed by atoms with Crippen LogP contribution >= 0.6 is 0 Å². The first-order valence-electron chi connectivity index (χ1n) is 6.63. The average Bonchev–Trinajstić information content (AvgIpc) is 3.17. The summed E-state index contributed by atoms with van der Waals surface area (Å²) in [7, 11) is 0. The van der Waals surface area contributed by atoms with Crippen molar-refractivity contribution in [3.05, 3.63) is 28.8 Å². The van der Waals surface area contributed by atoms with Crippen LogP contribution in [0.2, 0.25) is 0 Å². The molecule has 1 aliphatic rings. The highest BCUT2D eigenvalue weighted by atomic mass is 16.5. The van der Waals surface area contributed by atoms with Gasteiger partial charge in [0.15, 0.2) is 0 Å².